The van der Waals surface area contributed by atoms with Gasteiger partial charge in [-0.1, -0.05) is 19.1 Å². The van der Waals surface area contributed by atoms with Gasteiger partial charge in [-0.2, -0.15) is 0 Å². The van der Waals surface area contributed by atoms with E-state index in [-0.39, 0.29) is 0 Å². The standard InChI is InChI=1S/C15H21N5/c1-4-13-17-14(19-16)10-15(18-13)20(5-2)12-8-6-7-11(3)9-12/h6-10H,4-5,16H2,1-3H3,(H,17,18,19). The first-order chi connectivity index (χ1) is 9.67. The third-order valence-electron chi connectivity index (χ3n) is 3.13. The highest BCUT2D eigenvalue weighted by molar-refractivity contribution is 5.63. The SMILES string of the molecule is CCc1nc(NN)cc(N(CC)c2cccc(C)c2)n1. The highest BCUT2D eigenvalue weighted by atomic mass is 15.3. The van der Waals surface area contributed by atoms with Crippen LogP contribution in [-0.4, -0.2) is 16.5 Å². The Hall–Kier alpha value is -2.14. The molecule has 20 heavy (non-hydrogen) atoms. The summed E-state index contributed by atoms with van der Waals surface area (Å²) in [6, 6.07) is 10.2. The first-order valence-corrected chi connectivity index (χ1v) is 6.86. The largest absolute Gasteiger partial charge is 0.326 e. The zero-order valence-electron chi connectivity index (χ0n) is 12.2. The molecular weight excluding hydrogens is 250 g/mol. The molecule has 0 fully saturated rings. The predicted molar refractivity (Wildman–Crippen MR) is 83.1 cm³/mol. The summed E-state index contributed by atoms with van der Waals surface area (Å²) in [7, 11) is 0. The topological polar surface area (TPSA) is 67.1 Å². The first-order valence-electron chi connectivity index (χ1n) is 6.86. The molecule has 0 amide bonds. The van der Waals surface area contributed by atoms with Crippen molar-refractivity contribution in [3.05, 3.63) is 41.7 Å². The minimum atomic E-state index is 0.637. The summed E-state index contributed by atoms with van der Waals surface area (Å²) >= 11 is 0. The first kappa shape index (κ1) is 14.3. The van der Waals surface area contributed by atoms with Crippen molar-refractivity contribution in [3.63, 3.8) is 0 Å². The number of anilines is 3. The van der Waals surface area contributed by atoms with Crippen molar-refractivity contribution in [1.29, 1.82) is 0 Å². The molecule has 106 valence electrons. The van der Waals surface area contributed by atoms with E-state index in [1.807, 2.05) is 13.0 Å². The molecule has 0 unspecified atom stereocenters. The average molecular weight is 271 g/mol. The Kier molecular flexibility index (Phi) is 4.53. The molecule has 0 atom stereocenters. The van der Waals surface area contributed by atoms with Crippen LogP contribution in [0, 0.1) is 6.92 Å². The second-order valence-electron chi connectivity index (χ2n) is 4.61. The van der Waals surface area contributed by atoms with E-state index in [2.05, 4.69) is 58.4 Å². The monoisotopic (exact) mass is 271 g/mol. The number of rotatable bonds is 5. The fraction of sp³-hybridized carbons (Fsp3) is 0.333. The molecular formula is C15H21N5. The maximum absolute atomic E-state index is 5.49. The maximum atomic E-state index is 5.49. The van der Waals surface area contributed by atoms with E-state index < -0.39 is 0 Å². The van der Waals surface area contributed by atoms with E-state index in [1.165, 1.54) is 5.56 Å². The minimum absolute atomic E-state index is 0.637. The number of hydrogen-bond donors (Lipinski definition) is 2. The molecule has 1 aromatic carbocycles. The third-order valence-corrected chi connectivity index (χ3v) is 3.13. The van der Waals surface area contributed by atoms with Crippen LogP contribution in [0.15, 0.2) is 30.3 Å². The van der Waals surface area contributed by atoms with Crippen molar-refractivity contribution in [1.82, 2.24) is 9.97 Å². The Morgan fingerprint density at radius 1 is 1.20 bits per heavy atom. The van der Waals surface area contributed by atoms with Crippen molar-refractivity contribution < 1.29 is 0 Å². The summed E-state index contributed by atoms with van der Waals surface area (Å²) in [5, 5.41) is 0. The Morgan fingerprint density at radius 3 is 2.60 bits per heavy atom. The van der Waals surface area contributed by atoms with E-state index in [1.54, 1.807) is 0 Å². The van der Waals surface area contributed by atoms with Crippen LogP contribution in [-0.2, 0) is 6.42 Å². The molecule has 3 N–H and O–H groups in total. The number of hydrazine groups is 1. The molecule has 5 heteroatoms. The second-order valence-corrected chi connectivity index (χ2v) is 4.61. The van der Waals surface area contributed by atoms with Crippen LogP contribution in [0.2, 0.25) is 0 Å². The van der Waals surface area contributed by atoms with Gasteiger partial charge in [0.2, 0.25) is 0 Å². The van der Waals surface area contributed by atoms with E-state index in [0.717, 1.165) is 30.3 Å². The lowest BCUT2D eigenvalue weighted by Crippen LogP contribution is -2.20. The molecule has 2 aromatic rings. The smallest absolute Gasteiger partial charge is 0.145 e. The summed E-state index contributed by atoms with van der Waals surface area (Å²) in [5.74, 6) is 7.76. The molecule has 0 aliphatic heterocycles. The van der Waals surface area contributed by atoms with Crippen LogP contribution in [0.25, 0.3) is 0 Å². The Balaban J connectivity index is 2.45. The van der Waals surface area contributed by atoms with Gasteiger partial charge in [-0.15, -0.1) is 0 Å². The lowest BCUT2D eigenvalue weighted by molar-refractivity contribution is 0.902. The number of hydrogen-bond acceptors (Lipinski definition) is 5. The number of benzene rings is 1. The Labute approximate surface area is 119 Å². The molecule has 0 aliphatic rings. The summed E-state index contributed by atoms with van der Waals surface area (Å²) in [5.41, 5.74) is 4.95. The van der Waals surface area contributed by atoms with Gasteiger partial charge >= 0.3 is 0 Å². The second kappa shape index (κ2) is 6.34. The van der Waals surface area contributed by atoms with Gasteiger partial charge in [-0.3, -0.25) is 0 Å². The lowest BCUT2D eigenvalue weighted by Gasteiger charge is -2.23. The molecule has 0 saturated heterocycles. The molecule has 1 aromatic heterocycles. The number of aryl methyl sites for hydroxylation is 2. The van der Waals surface area contributed by atoms with Crippen molar-refractivity contribution in [3.8, 4) is 0 Å². The van der Waals surface area contributed by atoms with Gasteiger partial charge in [0.05, 0.1) is 0 Å². The molecule has 5 nitrogen and oxygen atoms in total. The Bertz CT molecular complexity index is 560. The molecule has 2 rings (SSSR count). The summed E-state index contributed by atoms with van der Waals surface area (Å²) in [6.07, 6.45) is 0.772. The molecule has 0 radical (unpaired) electrons. The molecule has 0 saturated carbocycles. The van der Waals surface area contributed by atoms with E-state index in [9.17, 15) is 0 Å². The third kappa shape index (κ3) is 3.05. The maximum Gasteiger partial charge on any atom is 0.145 e. The molecule has 1 heterocycles. The number of aromatic nitrogens is 2. The molecule has 0 aliphatic carbocycles. The quantitative estimate of drug-likeness (QED) is 0.646. The summed E-state index contributed by atoms with van der Waals surface area (Å²) in [6.45, 7) is 7.04. The zero-order valence-corrected chi connectivity index (χ0v) is 12.2. The predicted octanol–water partition coefficient (Wildman–Crippen LogP) is 2.79. The highest BCUT2D eigenvalue weighted by Crippen LogP contribution is 2.25. The molecule has 0 bridgehead atoms. The summed E-state index contributed by atoms with van der Waals surface area (Å²) < 4.78 is 0. The van der Waals surface area contributed by atoms with Gasteiger partial charge in [-0.05, 0) is 31.5 Å². The zero-order chi connectivity index (χ0) is 14.5. The fourth-order valence-corrected chi connectivity index (χ4v) is 2.13. The normalized spacial score (nSPS) is 10.4. The van der Waals surface area contributed by atoms with E-state index in [4.69, 9.17) is 5.84 Å². The van der Waals surface area contributed by atoms with Crippen molar-refractivity contribution in [2.75, 3.05) is 16.9 Å². The van der Waals surface area contributed by atoms with Gasteiger partial charge in [0.1, 0.15) is 17.5 Å². The van der Waals surface area contributed by atoms with Crippen LogP contribution < -0.4 is 16.2 Å². The van der Waals surface area contributed by atoms with Gasteiger partial charge in [0.15, 0.2) is 0 Å². The van der Waals surface area contributed by atoms with E-state index >= 15 is 0 Å². The fourth-order valence-electron chi connectivity index (χ4n) is 2.13. The minimum Gasteiger partial charge on any atom is -0.326 e. The lowest BCUT2D eigenvalue weighted by atomic mass is 10.2. The summed E-state index contributed by atoms with van der Waals surface area (Å²) in [4.78, 5) is 11.1. The van der Waals surface area contributed by atoms with Crippen LogP contribution in [0.4, 0.5) is 17.3 Å². The number of nitrogens with two attached hydrogens (primary N) is 1. The van der Waals surface area contributed by atoms with Crippen LogP contribution >= 0.6 is 0 Å². The van der Waals surface area contributed by atoms with Crippen LogP contribution in [0.3, 0.4) is 0 Å². The number of nitrogens with one attached hydrogen (secondary N) is 1. The average Bonchev–Trinajstić information content (AvgIpc) is 2.47. The van der Waals surface area contributed by atoms with Gasteiger partial charge in [-0.25, -0.2) is 15.8 Å². The Morgan fingerprint density at radius 2 is 2.00 bits per heavy atom. The van der Waals surface area contributed by atoms with Crippen LogP contribution in [0.5, 0.6) is 0 Å². The van der Waals surface area contributed by atoms with Crippen molar-refractivity contribution >= 4 is 17.3 Å². The number of nitrogen functional groups attached to an aromatic ring is 1. The number of nitrogens with zero attached hydrogens (tertiary/aromatic N) is 3. The van der Waals surface area contributed by atoms with Gasteiger partial charge in [0.25, 0.3) is 0 Å². The van der Waals surface area contributed by atoms with Gasteiger partial charge < -0.3 is 10.3 Å². The van der Waals surface area contributed by atoms with Crippen LogP contribution in [0.1, 0.15) is 25.2 Å². The van der Waals surface area contributed by atoms with Gasteiger partial charge in [0, 0.05) is 24.7 Å². The highest BCUT2D eigenvalue weighted by Gasteiger charge is 2.11. The molecule has 0 spiro atoms. The van der Waals surface area contributed by atoms with E-state index in [0.29, 0.717) is 5.82 Å². The van der Waals surface area contributed by atoms with Crippen molar-refractivity contribution in [2.45, 2.75) is 27.2 Å². The van der Waals surface area contributed by atoms with Crippen molar-refractivity contribution in [2.24, 2.45) is 5.84 Å².